The zero-order chi connectivity index (χ0) is 15.2. The first kappa shape index (κ1) is 15.5. The first-order valence-electron chi connectivity index (χ1n) is 7.41. The monoisotopic (exact) mass is 288 g/mol. The van der Waals surface area contributed by atoms with Crippen molar-refractivity contribution in [2.75, 3.05) is 13.7 Å². The van der Waals surface area contributed by atoms with Crippen molar-refractivity contribution >= 4 is 0 Å². The highest BCUT2D eigenvalue weighted by Crippen LogP contribution is 2.29. The Morgan fingerprint density at radius 1 is 1.29 bits per heavy atom. The van der Waals surface area contributed by atoms with Gasteiger partial charge in [0.15, 0.2) is 5.75 Å². The van der Waals surface area contributed by atoms with Gasteiger partial charge in [-0.05, 0) is 44.5 Å². The zero-order valence-electron chi connectivity index (χ0n) is 13.2. The summed E-state index contributed by atoms with van der Waals surface area (Å²) in [6, 6.07) is 4.56. The van der Waals surface area contributed by atoms with Crippen LogP contribution in [0.4, 0.5) is 0 Å². The van der Waals surface area contributed by atoms with E-state index in [-0.39, 0.29) is 6.04 Å². The van der Waals surface area contributed by atoms with E-state index >= 15 is 0 Å². The van der Waals surface area contributed by atoms with Crippen LogP contribution in [0.5, 0.6) is 5.75 Å². The van der Waals surface area contributed by atoms with Gasteiger partial charge in [-0.1, -0.05) is 6.92 Å². The van der Waals surface area contributed by atoms with E-state index in [1.807, 2.05) is 29.2 Å². The Bertz CT molecular complexity index is 551. The minimum Gasteiger partial charge on any atom is -0.493 e. The van der Waals surface area contributed by atoms with Crippen LogP contribution in [0.3, 0.4) is 0 Å². The maximum atomic E-state index is 5.51. The van der Waals surface area contributed by atoms with E-state index < -0.39 is 0 Å². The van der Waals surface area contributed by atoms with Crippen LogP contribution in [0.15, 0.2) is 30.7 Å². The van der Waals surface area contributed by atoms with Crippen LogP contribution in [-0.4, -0.2) is 28.4 Å². The van der Waals surface area contributed by atoms with Gasteiger partial charge in [0.05, 0.1) is 25.0 Å². The van der Waals surface area contributed by atoms with Crippen LogP contribution in [0.1, 0.15) is 44.1 Å². The molecule has 5 heteroatoms. The maximum absolute atomic E-state index is 5.51. The topological polar surface area (TPSA) is 52.0 Å². The molecule has 0 aliphatic carbocycles. The highest BCUT2D eigenvalue weighted by Gasteiger charge is 2.23. The summed E-state index contributed by atoms with van der Waals surface area (Å²) in [6.45, 7) is 7.26. The molecule has 0 aliphatic rings. The van der Waals surface area contributed by atoms with Crippen molar-refractivity contribution in [3.63, 3.8) is 0 Å². The van der Waals surface area contributed by atoms with Crippen molar-refractivity contribution in [1.29, 1.82) is 0 Å². The first-order valence-corrected chi connectivity index (χ1v) is 7.41. The molecule has 114 valence electrons. The predicted molar refractivity (Wildman–Crippen MR) is 83.5 cm³/mol. The van der Waals surface area contributed by atoms with Crippen molar-refractivity contribution < 1.29 is 4.74 Å². The van der Waals surface area contributed by atoms with Crippen LogP contribution in [0, 0.1) is 0 Å². The molecule has 21 heavy (non-hydrogen) atoms. The van der Waals surface area contributed by atoms with E-state index in [2.05, 4.69) is 36.2 Å². The van der Waals surface area contributed by atoms with Crippen molar-refractivity contribution in [1.82, 2.24) is 20.1 Å². The van der Waals surface area contributed by atoms with Gasteiger partial charge in [0, 0.05) is 18.4 Å². The summed E-state index contributed by atoms with van der Waals surface area (Å²) in [7, 11) is 1.70. The lowest BCUT2D eigenvalue weighted by atomic mass is 10.0. The Morgan fingerprint density at radius 3 is 2.57 bits per heavy atom. The molecule has 0 radical (unpaired) electrons. The Labute approximate surface area is 126 Å². The van der Waals surface area contributed by atoms with E-state index in [0.717, 1.165) is 24.4 Å². The molecule has 0 amide bonds. The molecule has 0 saturated heterocycles. The smallest absolute Gasteiger partial charge is 0.161 e. The third-order valence-corrected chi connectivity index (χ3v) is 3.48. The third kappa shape index (κ3) is 3.61. The van der Waals surface area contributed by atoms with Gasteiger partial charge >= 0.3 is 0 Å². The molecular weight excluding hydrogens is 264 g/mol. The summed E-state index contributed by atoms with van der Waals surface area (Å²) in [5, 5.41) is 8.01. The lowest BCUT2D eigenvalue weighted by Gasteiger charge is -2.22. The van der Waals surface area contributed by atoms with Crippen molar-refractivity contribution in [3.8, 4) is 5.75 Å². The molecule has 2 rings (SSSR count). The van der Waals surface area contributed by atoms with Crippen LogP contribution >= 0.6 is 0 Å². The molecule has 2 aromatic rings. The number of hydrogen-bond acceptors (Lipinski definition) is 4. The average Bonchev–Trinajstić information content (AvgIpc) is 2.92. The SMILES string of the molecule is CCNC(Cc1ccncc1)c1c(OC)cnn1C(C)C. The number of rotatable bonds is 7. The molecule has 0 fully saturated rings. The van der Waals surface area contributed by atoms with Gasteiger partial charge in [0.1, 0.15) is 0 Å². The van der Waals surface area contributed by atoms with Gasteiger partial charge in [0.2, 0.25) is 0 Å². The zero-order valence-corrected chi connectivity index (χ0v) is 13.2. The molecule has 1 N–H and O–H groups in total. The van der Waals surface area contributed by atoms with Gasteiger partial charge in [-0.15, -0.1) is 0 Å². The molecule has 2 aromatic heterocycles. The van der Waals surface area contributed by atoms with Gasteiger partial charge in [-0.25, -0.2) is 0 Å². The number of hydrogen-bond donors (Lipinski definition) is 1. The van der Waals surface area contributed by atoms with E-state index in [9.17, 15) is 0 Å². The number of methoxy groups -OCH3 is 1. The van der Waals surface area contributed by atoms with Crippen LogP contribution in [0.2, 0.25) is 0 Å². The largest absolute Gasteiger partial charge is 0.493 e. The molecule has 2 heterocycles. The van der Waals surface area contributed by atoms with E-state index in [1.165, 1.54) is 5.56 Å². The number of aromatic nitrogens is 3. The number of pyridine rings is 1. The number of nitrogens with zero attached hydrogens (tertiary/aromatic N) is 3. The summed E-state index contributed by atoms with van der Waals surface area (Å²) in [5.74, 6) is 0.837. The number of likely N-dealkylation sites (N-methyl/N-ethyl adjacent to an activating group) is 1. The number of ether oxygens (including phenoxy) is 1. The van der Waals surface area contributed by atoms with E-state index in [1.54, 1.807) is 13.3 Å². The minimum atomic E-state index is 0.164. The molecule has 0 bridgehead atoms. The summed E-state index contributed by atoms with van der Waals surface area (Å²) in [6.07, 6.45) is 6.34. The summed E-state index contributed by atoms with van der Waals surface area (Å²) < 4.78 is 7.54. The molecule has 1 unspecified atom stereocenters. The molecule has 0 spiro atoms. The third-order valence-electron chi connectivity index (χ3n) is 3.48. The Kier molecular flexibility index (Phi) is 5.33. The molecule has 0 aliphatic heterocycles. The minimum absolute atomic E-state index is 0.164. The molecule has 1 atom stereocenters. The maximum Gasteiger partial charge on any atom is 0.161 e. The molecule has 5 nitrogen and oxygen atoms in total. The van der Waals surface area contributed by atoms with Gasteiger partial charge in [0.25, 0.3) is 0 Å². The first-order chi connectivity index (χ1) is 10.2. The highest BCUT2D eigenvalue weighted by molar-refractivity contribution is 5.30. The van der Waals surface area contributed by atoms with Crippen molar-refractivity contribution in [2.45, 2.75) is 39.3 Å². The molecule has 0 saturated carbocycles. The lowest BCUT2D eigenvalue weighted by Crippen LogP contribution is -2.26. The van der Waals surface area contributed by atoms with Crippen molar-refractivity contribution in [2.24, 2.45) is 0 Å². The lowest BCUT2D eigenvalue weighted by molar-refractivity contribution is 0.384. The van der Waals surface area contributed by atoms with E-state index in [4.69, 9.17) is 4.74 Å². The fraction of sp³-hybridized carbons (Fsp3) is 0.500. The van der Waals surface area contributed by atoms with Gasteiger partial charge in [-0.3, -0.25) is 9.67 Å². The van der Waals surface area contributed by atoms with Gasteiger partial charge < -0.3 is 10.1 Å². The summed E-state index contributed by atoms with van der Waals surface area (Å²) in [4.78, 5) is 4.08. The van der Waals surface area contributed by atoms with Crippen LogP contribution < -0.4 is 10.1 Å². The molecule has 0 aromatic carbocycles. The quantitative estimate of drug-likeness (QED) is 0.851. The second kappa shape index (κ2) is 7.22. The average molecular weight is 288 g/mol. The number of nitrogens with one attached hydrogen (secondary N) is 1. The molecular formula is C16H24N4O. The van der Waals surface area contributed by atoms with Crippen molar-refractivity contribution in [3.05, 3.63) is 42.0 Å². The van der Waals surface area contributed by atoms with Gasteiger partial charge in [-0.2, -0.15) is 5.10 Å². The predicted octanol–water partition coefficient (Wildman–Crippen LogP) is 2.76. The Morgan fingerprint density at radius 2 is 2.00 bits per heavy atom. The van der Waals surface area contributed by atoms with Crippen LogP contribution in [0.25, 0.3) is 0 Å². The highest BCUT2D eigenvalue weighted by atomic mass is 16.5. The van der Waals surface area contributed by atoms with Crippen LogP contribution in [-0.2, 0) is 6.42 Å². The standard InChI is InChI=1S/C16H24N4O/c1-5-18-14(10-13-6-8-17-9-7-13)16-15(21-4)11-19-20(16)12(2)3/h6-9,11-12,14,18H,5,10H2,1-4H3. The Hall–Kier alpha value is -1.88. The fourth-order valence-electron chi connectivity index (χ4n) is 2.52. The summed E-state index contributed by atoms with van der Waals surface area (Å²) in [5.41, 5.74) is 2.35. The fourth-order valence-corrected chi connectivity index (χ4v) is 2.52. The second-order valence-corrected chi connectivity index (χ2v) is 5.31. The Balaban J connectivity index is 2.35. The summed E-state index contributed by atoms with van der Waals surface area (Å²) >= 11 is 0. The van der Waals surface area contributed by atoms with E-state index in [0.29, 0.717) is 6.04 Å². The normalized spacial score (nSPS) is 12.6. The second-order valence-electron chi connectivity index (χ2n) is 5.31.